The largest absolute Gasteiger partial charge is 0.493 e. The van der Waals surface area contributed by atoms with Crippen molar-refractivity contribution in [1.29, 1.82) is 0 Å². The molecule has 1 heterocycles. The Balaban J connectivity index is 1.74. The van der Waals surface area contributed by atoms with Gasteiger partial charge in [0.2, 0.25) is 0 Å². The van der Waals surface area contributed by atoms with E-state index in [0.717, 1.165) is 28.0 Å². The summed E-state index contributed by atoms with van der Waals surface area (Å²) in [6.07, 6.45) is 0. The van der Waals surface area contributed by atoms with Crippen molar-refractivity contribution in [2.24, 2.45) is 0 Å². The smallest absolute Gasteiger partial charge is 0.172 e. The zero-order chi connectivity index (χ0) is 17.1. The minimum absolute atomic E-state index is 0.467. The Kier molecular flexibility index (Phi) is 4.09. The van der Waals surface area contributed by atoms with E-state index in [1.807, 2.05) is 72.8 Å². The summed E-state index contributed by atoms with van der Waals surface area (Å²) in [5, 5.41) is 0. The number of benzene rings is 3. The average molecular weight is 330 g/mol. The molecule has 4 aromatic rings. The first kappa shape index (κ1) is 15.3. The van der Waals surface area contributed by atoms with Crippen molar-refractivity contribution in [3.8, 4) is 22.9 Å². The summed E-state index contributed by atoms with van der Waals surface area (Å²) in [6, 6.07) is 23.9. The van der Waals surface area contributed by atoms with Crippen LogP contribution in [0.5, 0.6) is 11.5 Å². The summed E-state index contributed by atoms with van der Waals surface area (Å²) < 4.78 is 11.6. The van der Waals surface area contributed by atoms with Gasteiger partial charge in [-0.25, -0.2) is 4.98 Å². The van der Waals surface area contributed by atoms with Gasteiger partial charge in [0.1, 0.15) is 12.4 Å². The quantitative estimate of drug-likeness (QED) is 0.571. The van der Waals surface area contributed by atoms with Crippen LogP contribution in [0.4, 0.5) is 0 Å². The Bertz CT molecular complexity index is 960. The van der Waals surface area contributed by atoms with Crippen molar-refractivity contribution in [2.45, 2.75) is 6.61 Å². The van der Waals surface area contributed by atoms with Crippen molar-refractivity contribution < 1.29 is 9.47 Å². The number of hydrogen-bond donors (Lipinski definition) is 1. The lowest BCUT2D eigenvalue weighted by molar-refractivity contribution is 0.285. The van der Waals surface area contributed by atoms with E-state index in [9.17, 15) is 0 Å². The summed E-state index contributed by atoms with van der Waals surface area (Å²) in [5.74, 6) is 2.14. The van der Waals surface area contributed by atoms with Crippen molar-refractivity contribution in [3.63, 3.8) is 0 Å². The summed E-state index contributed by atoms with van der Waals surface area (Å²) in [4.78, 5) is 8.04. The van der Waals surface area contributed by atoms with Crippen LogP contribution in [0.2, 0.25) is 0 Å². The highest BCUT2D eigenvalue weighted by Crippen LogP contribution is 2.38. The Hall–Kier alpha value is -3.27. The number of aromatic nitrogens is 2. The van der Waals surface area contributed by atoms with Crippen LogP contribution in [0, 0.1) is 0 Å². The van der Waals surface area contributed by atoms with Gasteiger partial charge in [0.05, 0.1) is 23.7 Å². The van der Waals surface area contributed by atoms with E-state index in [1.165, 1.54) is 0 Å². The second-order valence-electron chi connectivity index (χ2n) is 5.71. The molecule has 0 unspecified atom stereocenters. The standard InChI is InChI=1S/C21H18N2O2/c1-24-19-13-7-10-16(20(19)25-14-15-8-3-2-4-9-15)21-22-17-11-5-6-12-18(17)23-21/h2-13H,14H2,1H3,(H,22,23). The van der Waals surface area contributed by atoms with Crippen LogP contribution in [-0.2, 0) is 6.61 Å². The van der Waals surface area contributed by atoms with E-state index >= 15 is 0 Å². The summed E-state index contributed by atoms with van der Waals surface area (Å²) in [6.45, 7) is 0.467. The zero-order valence-corrected chi connectivity index (χ0v) is 13.9. The molecule has 0 radical (unpaired) electrons. The fourth-order valence-electron chi connectivity index (χ4n) is 2.82. The molecule has 3 aromatic carbocycles. The molecule has 25 heavy (non-hydrogen) atoms. The summed E-state index contributed by atoms with van der Waals surface area (Å²) in [5.41, 5.74) is 3.90. The van der Waals surface area contributed by atoms with Crippen LogP contribution in [-0.4, -0.2) is 17.1 Å². The molecule has 4 nitrogen and oxygen atoms in total. The summed E-state index contributed by atoms with van der Waals surface area (Å²) >= 11 is 0. The number of para-hydroxylation sites is 3. The summed E-state index contributed by atoms with van der Waals surface area (Å²) in [7, 11) is 1.65. The van der Waals surface area contributed by atoms with Crippen molar-refractivity contribution in [1.82, 2.24) is 9.97 Å². The molecule has 4 heteroatoms. The fourth-order valence-corrected chi connectivity index (χ4v) is 2.82. The topological polar surface area (TPSA) is 47.1 Å². The Labute approximate surface area is 146 Å². The molecule has 0 amide bonds. The average Bonchev–Trinajstić information content (AvgIpc) is 3.11. The van der Waals surface area contributed by atoms with Crippen molar-refractivity contribution >= 4 is 11.0 Å². The second-order valence-corrected chi connectivity index (χ2v) is 5.71. The van der Waals surface area contributed by atoms with E-state index in [-0.39, 0.29) is 0 Å². The molecule has 0 fully saturated rings. The third-order valence-electron chi connectivity index (χ3n) is 4.07. The van der Waals surface area contributed by atoms with Gasteiger partial charge in [0, 0.05) is 0 Å². The van der Waals surface area contributed by atoms with Crippen molar-refractivity contribution in [3.05, 3.63) is 78.4 Å². The van der Waals surface area contributed by atoms with Gasteiger partial charge in [-0.15, -0.1) is 0 Å². The number of nitrogens with one attached hydrogen (secondary N) is 1. The first-order chi connectivity index (χ1) is 12.3. The number of fused-ring (bicyclic) bond motifs is 1. The van der Waals surface area contributed by atoms with Crippen LogP contribution in [0.25, 0.3) is 22.4 Å². The lowest BCUT2D eigenvalue weighted by Crippen LogP contribution is -2.00. The highest BCUT2D eigenvalue weighted by molar-refractivity contribution is 5.81. The van der Waals surface area contributed by atoms with E-state index in [2.05, 4.69) is 9.97 Å². The predicted molar refractivity (Wildman–Crippen MR) is 98.9 cm³/mol. The lowest BCUT2D eigenvalue weighted by Gasteiger charge is -2.14. The van der Waals surface area contributed by atoms with E-state index in [4.69, 9.17) is 9.47 Å². The zero-order valence-electron chi connectivity index (χ0n) is 13.9. The number of H-pyrrole nitrogens is 1. The molecule has 0 aliphatic carbocycles. The van der Waals surface area contributed by atoms with E-state index in [0.29, 0.717) is 18.1 Å². The fraction of sp³-hybridized carbons (Fsp3) is 0.0952. The molecule has 124 valence electrons. The van der Waals surface area contributed by atoms with Crippen LogP contribution in [0.15, 0.2) is 72.8 Å². The van der Waals surface area contributed by atoms with Gasteiger partial charge in [0.25, 0.3) is 0 Å². The molecular formula is C21H18N2O2. The molecule has 0 aliphatic rings. The number of methoxy groups -OCH3 is 1. The molecule has 4 rings (SSSR count). The third kappa shape index (κ3) is 3.06. The van der Waals surface area contributed by atoms with Gasteiger partial charge < -0.3 is 14.5 Å². The number of nitrogens with zero attached hydrogens (tertiary/aromatic N) is 1. The normalized spacial score (nSPS) is 10.8. The molecule has 0 saturated carbocycles. The predicted octanol–water partition coefficient (Wildman–Crippen LogP) is 4.82. The maximum atomic E-state index is 6.11. The van der Waals surface area contributed by atoms with E-state index < -0.39 is 0 Å². The number of rotatable bonds is 5. The molecule has 0 saturated heterocycles. The maximum absolute atomic E-state index is 6.11. The molecule has 0 bridgehead atoms. The highest BCUT2D eigenvalue weighted by atomic mass is 16.5. The number of imidazole rings is 1. The van der Waals surface area contributed by atoms with Crippen LogP contribution in [0.1, 0.15) is 5.56 Å². The Morgan fingerprint density at radius 3 is 2.48 bits per heavy atom. The Morgan fingerprint density at radius 2 is 1.68 bits per heavy atom. The number of aromatic amines is 1. The van der Waals surface area contributed by atoms with Crippen LogP contribution < -0.4 is 9.47 Å². The van der Waals surface area contributed by atoms with Crippen LogP contribution >= 0.6 is 0 Å². The first-order valence-corrected chi connectivity index (χ1v) is 8.14. The van der Waals surface area contributed by atoms with Gasteiger partial charge in [-0.05, 0) is 29.8 Å². The molecule has 1 N–H and O–H groups in total. The minimum atomic E-state index is 0.467. The second kappa shape index (κ2) is 6.69. The van der Waals surface area contributed by atoms with Gasteiger partial charge in [0.15, 0.2) is 11.5 Å². The van der Waals surface area contributed by atoms with Gasteiger partial charge in [-0.2, -0.15) is 0 Å². The van der Waals surface area contributed by atoms with Crippen LogP contribution in [0.3, 0.4) is 0 Å². The number of hydrogen-bond acceptors (Lipinski definition) is 3. The maximum Gasteiger partial charge on any atom is 0.172 e. The monoisotopic (exact) mass is 330 g/mol. The highest BCUT2D eigenvalue weighted by Gasteiger charge is 2.15. The van der Waals surface area contributed by atoms with E-state index in [1.54, 1.807) is 7.11 Å². The van der Waals surface area contributed by atoms with Crippen molar-refractivity contribution in [2.75, 3.05) is 7.11 Å². The molecule has 0 atom stereocenters. The SMILES string of the molecule is COc1cccc(-c2nc3ccccc3[nH]2)c1OCc1ccccc1. The lowest BCUT2D eigenvalue weighted by atomic mass is 10.1. The third-order valence-corrected chi connectivity index (χ3v) is 4.07. The molecule has 0 aliphatic heterocycles. The Morgan fingerprint density at radius 1 is 0.880 bits per heavy atom. The van der Waals surface area contributed by atoms with Gasteiger partial charge in [-0.3, -0.25) is 0 Å². The molecule has 1 aromatic heterocycles. The minimum Gasteiger partial charge on any atom is -0.493 e. The number of ether oxygens (including phenoxy) is 2. The van der Waals surface area contributed by atoms with Gasteiger partial charge in [-0.1, -0.05) is 48.5 Å². The molecule has 0 spiro atoms. The molecular weight excluding hydrogens is 312 g/mol. The first-order valence-electron chi connectivity index (χ1n) is 8.14. The van der Waals surface area contributed by atoms with Gasteiger partial charge >= 0.3 is 0 Å².